The van der Waals surface area contributed by atoms with Crippen LogP contribution >= 0.6 is 11.8 Å². The molecule has 1 aromatic carbocycles. The molecule has 21 heavy (non-hydrogen) atoms. The van der Waals surface area contributed by atoms with Crippen molar-refractivity contribution in [2.45, 2.75) is 29.8 Å². The number of nitrogens with zero attached hydrogens (tertiary/aromatic N) is 2. The van der Waals surface area contributed by atoms with E-state index in [4.69, 9.17) is 0 Å². The molecule has 1 amide bonds. The van der Waals surface area contributed by atoms with E-state index < -0.39 is 0 Å². The SMILES string of the molecule is CCNC1C(=O)Nc2cc(Sc3cc(C)nn3C)ccc21. The van der Waals surface area contributed by atoms with E-state index in [9.17, 15) is 4.79 Å². The summed E-state index contributed by atoms with van der Waals surface area (Å²) in [5.41, 5.74) is 2.92. The summed E-state index contributed by atoms with van der Waals surface area (Å²) in [4.78, 5) is 13.0. The minimum Gasteiger partial charge on any atom is -0.324 e. The van der Waals surface area contributed by atoms with E-state index in [0.29, 0.717) is 0 Å². The molecule has 0 radical (unpaired) electrons. The molecule has 0 bridgehead atoms. The number of rotatable bonds is 4. The number of carbonyl (C=O) groups excluding carboxylic acids is 1. The number of hydrogen-bond acceptors (Lipinski definition) is 4. The molecule has 0 aliphatic carbocycles. The molecule has 3 rings (SSSR count). The van der Waals surface area contributed by atoms with Gasteiger partial charge in [0.1, 0.15) is 6.04 Å². The first-order valence-corrected chi connectivity index (χ1v) is 7.77. The molecule has 1 aliphatic heterocycles. The summed E-state index contributed by atoms with van der Waals surface area (Å²) in [6.45, 7) is 4.75. The van der Waals surface area contributed by atoms with Crippen molar-refractivity contribution >= 4 is 23.4 Å². The summed E-state index contributed by atoms with van der Waals surface area (Å²) < 4.78 is 1.87. The van der Waals surface area contributed by atoms with Gasteiger partial charge in [-0.1, -0.05) is 24.8 Å². The normalized spacial score (nSPS) is 16.9. The second kappa shape index (κ2) is 5.54. The largest absolute Gasteiger partial charge is 0.324 e. The van der Waals surface area contributed by atoms with Gasteiger partial charge in [0.05, 0.1) is 10.7 Å². The third kappa shape index (κ3) is 2.69. The maximum atomic E-state index is 12.0. The summed E-state index contributed by atoms with van der Waals surface area (Å²) in [5, 5.41) is 11.6. The van der Waals surface area contributed by atoms with Crippen LogP contribution in [0.4, 0.5) is 5.69 Å². The molecule has 1 aliphatic rings. The van der Waals surface area contributed by atoms with Crippen molar-refractivity contribution in [1.29, 1.82) is 0 Å². The summed E-state index contributed by atoms with van der Waals surface area (Å²) in [6.07, 6.45) is 0. The number of likely N-dealkylation sites (N-methyl/N-ethyl adjacent to an activating group) is 1. The Morgan fingerprint density at radius 1 is 1.43 bits per heavy atom. The van der Waals surface area contributed by atoms with Gasteiger partial charge in [0.15, 0.2) is 0 Å². The lowest BCUT2D eigenvalue weighted by atomic mass is 10.1. The van der Waals surface area contributed by atoms with Crippen molar-refractivity contribution in [2.75, 3.05) is 11.9 Å². The quantitative estimate of drug-likeness (QED) is 0.911. The Morgan fingerprint density at radius 2 is 2.24 bits per heavy atom. The number of aromatic nitrogens is 2. The number of nitrogens with one attached hydrogen (secondary N) is 2. The van der Waals surface area contributed by atoms with Gasteiger partial charge in [-0.15, -0.1) is 0 Å². The smallest absolute Gasteiger partial charge is 0.246 e. The molecule has 5 nitrogen and oxygen atoms in total. The van der Waals surface area contributed by atoms with Gasteiger partial charge < -0.3 is 10.6 Å². The molecule has 1 aromatic heterocycles. The van der Waals surface area contributed by atoms with E-state index >= 15 is 0 Å². The Morgan fingerprint density at radius 3 is 2.90 bits per heavy atom. The van der Waals surface area contributed by atoms with Crippen molar-refractivity contribution in [1.82, 2.24) is 15.1 Å². The molecule has 1 atom stereocenters. The van der Waals surface area contributed by atoms with Crippen molar-refractivity contribution in [3.8, 4) is 0 Å². The molecular formula is C15H18N4OS. The number of fused-ring (bicyclic) bond motifs is 1. The van der Waals surface area contributed by atoms with Crippen molar-refractivity contribution in [2.24, 2.45) is 7.05 Å². The molecule has 1 unspecified atom stereocenters. The van der Waals surface area contributed by atoms with E-state index in [-0.39, 0.29) is 11.9 Å². The van der Waals surface area contributed by atoms with Gasteiger partial charge in [0.2, 0.25) is 5.91 Å². The number of carbonyl (C=O) groups is 1. The highest BCUT2D eigenvalue weighted by atomic mass is 32.2. The van der Waals surface area contributed by atoms with Crippen LogP contribution in [0.3, 0.4) is 0 Å². The van der Waals surface area contributed by atoms with Crippen LogP contribution in [0.15, 0.2) is 34.2 Å². The molecule has 2 N–H and O–H groups in total. The lowest BCUT2D eigenvalue weighted by Gasteiger charge is -2.09. The Labute approximate surface area is 128 Å². The van der Waals surface area contributed by atoms with Gasteiger partial charge in [0.25, 0.3) is 0 Å². The topological polar surface area (TPSA) is 59.0 Å². The molecule has 6 heteroatoms. The lowest BCUT2D eigenvalue weighted by molar-refractivity contribution is -0.117. The Kier molecular flexibility index (Phi) is 3.73. The first kappa shape index (κ1) is 14.2. The second-order valence-corrected chi connectivity index (χ2v) is 6.17. The third-order valence-corrected chi connectivity index (χ3v) is 4.53. The molecule has 110 valence electrons. The molecule has 0 fully saturated rings. The Balaban J connectivity index is 1.86. The van der Waals surface area contributed by atoms with Crippen molar-refractivity contribution < 1.29 is 4.79 Å². The highest BCUT2D eigenvalue weighted by Gasteiger charge is 2.29. The van der Waals surface area contributed by atoms with Crippen LogP contribution in [0, 0.1) is 6.92 Å². The first-order valence-electron chi connectivity index (χ1n) is 6.95. The summed E-state index contributed by atoms with van der Waals surface area (Å²) in [7, 11) is 1.94. The van der Waals surface area contributed by atoms with Crippen LogP contribution in [-0.2, 0) is 11.8 Å². The minimum absolute atomic E-state index is 0.0189. The van der Waals surface area contributed by atoms with E-state index in [1.807, 2.05) is 37.7 Å². The van der Waals surface area contributed by atoms with Crippen molar-refractivity contribution in [3.05, 3.63) is 35.5 Å². The zero-order valence-corrected chi connectivity index (χ0v) is 13.1. The Hall–Kier alpha value is -1.79. The van der Waals surface area contributed by atoms with Crippen LogP contribution < -0.4 is 10.6 Å². The zero-order chi connectivity index (χ0) is 15.0. The molecule has 0 spiro atoms. The molecule has 0 saturated heterocycles. The maximum Gasteiger partial charge on any atom is 0.246 e. The predicted octanol–water partition coefficient (Wildman–Crippen LogP) is 2.48. The van der Waals surface area contributed by atoms with Crippen LogP contribution in [-0.4, -0.2) is 22.2 Å². The van der Waals surface area contributed by atoms with Gasteiger partial charge in [-0.25, -0.2) is 0 Å². The average Bonchev–Trinajstić information content (AvgIpc) is 2.90. The molecule has 2 aromatic rings. The lowest BCUT2D eigenvalue weighted by Crippen LogP contribution is -2.27. The monoisotopic (exact) mass is 302 g/mol. The van der Waals surface area contributed by atoms with E-state index in [0.717, 1.165) is 33.4 Å². The van der Waals surface area contributed by atoms with Crippen LogP contribution in [0.5, 0.6) is 0 Å². The number of aryl methyl sites for hydroxylation is 2. The zero-order valence-electron chi connectivity index (χ0n) is 12.3. The van der Waals surface area contributed by atoms with Gasteiger partial charge >= 0.3 is 0 Å². The molecular weight excluding hydrogens is 284 g/mol. The van der Waals surface area contributed by atoms with Crippen LogP contribution in [0.1, 0.15) is 24.2 Å². The minimum atomic E-state index is -0.233. The number of amides is 1. The highest BCUT2D eigenvalue weighted by Crippen LogP contribution is 2.36. The van der Waals surface area contributed by atoms with Crippen LogP contribution in [0.2, 0.25) is 0 Å². The van der Waals surface area contributed by atoms with Crippen molar-refractivity contribution in [3.63, 3.8) is 0 Å². The average molecular weight is 302 g/mol. The van der Waals surface area contributed by atoms with Gasteiger partial charge in [-0.05, 0) is 31.7 Å². The standard InChI is InChI=1S/C15H18N4OS/c1-4-16-14-11-6-5-10(8-12(11)17-15(14)20)21-13-7-9(2)18-19(13)3/h5-8,14,16H,4H2,1-3H3,(H,17,20). The van der Waals surface area contributed by atoms with E-state index in [2.05, 4.69) is 27.9 Å². The fraction of sp³-hybridized carbons (Fsp3) is 0.333. The summed E-state index contributed by atoms with van der Waals surface area (Å²) in [5.74, 6) is 0.0189. The van der Waals surface area contributed by atoms with Crippen LogP contribution in [0.25, 0.3) is 0 Å². The number of hydrogen-bond donors (Lipinski definition) is 2. The number of anilines is 1. The molecule has 0 saturated carbocycles. The maximum absolute atomic E-state index is 12.0. The first-order chi connectivity index (χ1) is 10.1. The second-order valence-electron chi connectivity index (χ2n) is 5.08. The fourth-order valence-corrected chi connectivity index (χ4v) is 3.47. The summed E-state index contributed by atoms with van der Waals surface area (Å²) in [6, 6.07) is 7.92. The number of benzene rings is 1. The van der Waals surface area contributed by atoms with Gasteiger partial charge in [-0.2, -0.15) is 5.10 Å². The molecule has 2 heterocycles. The Bertz CT molecular complexity index is 695. The van der Waals surface area contributed by atoms with E-state index in [1.165, 1.54) is 0 Å². The fourth-order valence-electron chi connectivity index (χ4n) is 2.51. The third-order valence-electron chi connectivity index (χ3n) is 3.45. The van der Waals surface area contributed by atoms with Gasteiger partial charge in [-0.3, -0.25) is 9.48 Å². The summed E-state index contributed by atoms with van der Waals surface area (Å²) >= 11 is 1.65. The van der Waals surface area contributed by atoms with E-state index in [1.54, 1.807) is 11.8 Å². The highest BCUT2D eigenvalue weighted by molar-refractivity contribution is 7.99. The van der Waals surface area contributed by atoms with Gasteiger partial charge in [0, 0.05) is 23.2 Å². The predicted molar refractivity (Wildman–Crippen MR) is 83.6 cm³/mol.